The number of benzene rings is 2. The van der Waals surface area contributed by atoms with Gasteiger partial charge in [-0.3, -0.25) is 4.79 Å². The number of fused-ring (bicyclic) bond motifs is 1. The number of anilines is 1. The summed E-state index contributed by atoms with van der Waals surface area (Å²) in [5.74, 6) is 0.697. The Labute approximate surface area is 150 Å². The number of rotatable bonds is 3. The standard InChI is InChI=1S/C22H27NO2/c1-21(2)12-13-22(3,4)19-14-15(6-11-18(19)21)20(24)23-16-7-9-17(25-5)10-8-16/h6-11,14H,12-13H2,1-5H3,(H,23,24). The maximum Gasteiger partial charge on any atom is 0.255 e. The average molecular weight is 337 g/mol. The average Bonchev–Trinajstić information content (AvgIpc) is 2.59. The molecule has 0 saturated carbocycles. The van der Waals surface area contributed by atoms with Crippen molar-refractivity contribution in [2.75, 3.05) is 12.4 Å². The lowest BCUT2D eigenvalue weighted by atomic mass is 9.63. The molecule has 0 saturated heterocycles. The molecule has 1 amide bonds. The molecule has 0 aliphatic heterocycles. The largest absolute Gasteiger partial charge is 0.497 e. The minimum Gasteiger partial charge on any atom is -0.497 e. The molecular weight excluding hydrogens is 310 g/mol. The van der Waals surface area contributed by atoms with Crippen molar-refractivity contribution in [2.24, 2.45) is 0 Å². The molecule has 25 heavy (non-hydrogen) atoms. The number of amides is 1. The summed E-state index contributed by atoms with van der Waals surface area (Å²) in [7, 11) is 1.63. The van der Waals surface area contributed by atoms with Gasteiger partial charge in [-0.15, -0.1) is 0 Å². The molecule has 1 N–H and O–H groups in total. The van der Waals surface area contributed by atoms with E-state index < -0.39 is 0 Å². The van der Waals surface area contributed by atoms with Crippen LogP contribution in [-0.4, -0.2) is 13.0 Å². The van der Waals surface area contributed by atoms with Crippen molar-refractivity contribution >= 4 is 11.6 Å². The summed E-state index contributed by atoms with van der Waals surface area (Å²) in [5, 5.41) is 2.97. The molecule has 1 aliphatic rings. The first kappa shape index (κ1) is 17.5. The molecule has 2 aromatic rings. The molecule has 132 valence electrons. The van der Waals surface area contributed by atoms with E-state index in [-0.39, 0.29) is 16.7 Å². The van der Waals surface area contributed by atoms with Gasteiger partial charge in [-0.25, -0.2) is 0 Å². The van der Waals surface area contributed by atoms with Gasteiger partial charge in [0.2, 0.25) is 0 Å². The maximum atomic E-state index is 12.7. The highest BCUT2D eigenvalue weighted by molar-refractivity contribution is 6.04. The Kier molecular flexibility index (Phi) is 4.36. The van der Waals surface area contributed by atoms with Crippen LogP contribution in [-0.2, 0) is 10.8 Å². The second-order valence-electron chi connectivity index (χ2n) is 8.21. The zero-order chi connectivity index (χ0) is 18.2. The van der Waals surface area contributed by atoms with Gasteiger partial charge in [-0.1, -0.05) is 33.8 Å². The highest BCUT2D eigenvalue weighted by Crippen LogP contribution is 2.45. The highest BCUT2D eigenvalue weighted by atomic mass is 16.5. The Bertz CT molecular complexity index is 788. The fourth-order valence-electron chi connectivity index (χ4n) is 3.61. The second kappa shape index (κ2) is 6.21. The molecule has 0 heterocycles. The van der Waals surface area contributed by atoms with Crippen LogP contribution in [0, 0.1) is 0 Å². The Morgan fingerprint density at radius 1 is 0.920 bits per heavy atom. The van der Waals surface area contributed by atoms with E-state index in [0.717, 1.165) is 17.9 Å². The number of carbonyl (C=O) groups is 1. The normalized spacial score (nSPS) is 17.5. The Morgan fingerprint density at radius 3 is 2.12 bits per heavy atom. The van der Waals surface area contributed by atoms with Crippen LogP contribution >= 0.6 is 0 Å². The van der Waals surface area contributed by atoms with Crippen molar-refractivity contribution in [2.45, 2.75) is 51.4 Å². The molecule has 1 aliphatic carbocycles. The van der Waals surface area contributed by atoms with Crippen LogP contribution in [0.4, 0.5) is 5.69 Å². The van der Waals surface area contributed by atoms with Crippen molar-refractivity contribution in [1.29, 1.82) is 0 Å². The lowest BCUT2D eigenvalue weighted by Crippen LogP contribution is -2.34. The molecule has 2 aromatic carbocycles. The topological polar surface area (TPSA) is 38.3 Å². The first-order valence-electron chi connectivity index (χ1n) is 8.83. The number of hydrogen-bond acceptors (Lipinski definition) is 2. The van der Waals surface area contributed by atoms with Gasteiger partial charge in [0.15, 0.2) is 0 Å². The summed E-state index contributed by atoms with van der Waals surface area (Å²) in [4.78, 5) is 12.7. The van der Waals surface area contributed by atoms with Crippen molar-refractivity contribution in [1.82, 2.24) is 0 Å². The molecule has 3 nitrogen and oxygen atoms in total. The fourth-order valence-corrected chi connectivity index (χ4v) is 3.61. The first-order valence-corrected chi connectivity index (χ1v) is 8.83. The van der Waals surface area contributed by atoms with Gasteiger partial charge in [-0.2, -0.15) is 0 Å². The minimum atomic E-state index is -0.0767. The number of carbonyl (C=O) groups excluding carboxylic acids is 1. The van der Waals surface area contributed by atoms with Crippen LogP contribution < -0.4 is 10.1 Å². The molecule has 0 radical (unpaired) electrons. The zero-order valence-corrected chi connectivity index (χ0v) is 15.8. The van der Waals surface area contributed by atoms with Crippen molar-refractivity contribution < 1.29 is 9.53 Å². The lowest BCUT2D eigenvalue weighted by Gasteiger charge is -2.42. The number of hydrogen-bond donors (Lipinski definition) is 1. The molecule has 3 rings (SSSR count). The first-order chi connectivity index (χ1) is 11.7. The van der Waals surface area contributed by atoms with Gasteiger partial charge < -0.3 is 10.1 Å². The van der Waals surface area contributed by atoms with Crippen LogP contribution in [0.3, 0.4) is 0 Å². The molecule has 0 fully saturated rings. The van der Waals surface area contributed by atoms with E-state index in [1.165, 1.54) is 17.5 Å². The van der Waals surface area contributed by atoms with E-state index in [1.807, 2.05) is 30.3 Å². The molecule has 0 aromatic heterocycles. The number of nitrogens with one attached hydrogen (secondary N) is 1. The summed E-state index contributed by atoms with van der Waals surface area (Å²) in [5.41, 5.74) is 4.40. The molecule has 0 atom stereocenters. The van der Waals surface area contributed by atoms with E-state index >= 15 is 0 Å². The zero-order valence-electron chi connectivity index (χ0n) is 15.8. The second-order valence-corrected chi connectivity index (χ2v) is 8.21. The van der Waals surface area contributed by atoms with E-state index in [2.05, 4.69) is 45.1 Å². The summed E-state index contributed by atoms with van der Waals surface area (Å²) in [6.45, 7) is 9.12. The van der Waals surface area contributed by atoms with Crippen LogP contribution in [0.5, 0.6) is 5.75 Å². The predicted molar refractivity (Wildman–Crippen MR) is 103 cm³/mol. The number of ether oxygens (including phenoxy) is 1. The minimum absolute atomic E-state index is 0.0767. The van der Waals surface area contributed by atoms with Crippen LogP contribution in [0.1, 0.15) is 62.0 Å². The van der Waals surface area contributed by atoms with Gasteiger partial charge >= 0.3 is 0 Å². The predicted octanol–water partition coefficient (Wildman–Crippen LogP) is 5.30. The summed E-state index contributed by atoms with van der Waals surface area (Å²) >= 11 is 0. The summed E-state index contributed by atoms with van der Waals surface area (Å²) < 4.78 is 5.15. The Morgan fingerprint density at radius 2 is 1.52 bits per heavy atom. The van der Waals surface area contributed by atoms with E-state index in [0.29, 0.717) is 5.56 Å². The molecule has 0 unspecified atom stereocenters. The summed E-state index contributed by atoms with van der Waals surface area (Å²) in [6, 6.07) is 13.5. The third-order valence-electron chi connectivity index (χ3n) is 5.46. The third kappa shape index (κ3) is 3.41. The monoisotopic (exact) mass is 337 g/mol. The molecular formula is C22H27NO2. The third-order valence-corrected chi connectivity index (χ3v) is 5.46. The summed E-state index contributed by atoms with van der Waals surface area (Å²) in [6.07, 6.45) is 2.31. The molecule has 0 spiro atoms. The van der Waals surface area contributed by atoms with Gasteiger partial charge in [0.05, 0.1) is 7.11 Å². The van der Waals surface area contributed by atoms with Crippen molar-refractivity contribution in [3.05, 3.63) is 59.2 Å². The van der Waals surface area contributed by atoms with E-state index in [4.69, 9.17) is 4.74 Å². The quantitative estimate of drug-likeness (QED) is 0.825. The van der Waals surface area contributed by atoms with Crippen LogP contribution in [0.25, 0.3) is 0 Å². The maximum absolute atomic E-state index is 12.7. The fraction of sp³-hybridized carbons (Fsp3) is 0.409. The SMILES string of the molecule is COc1ccc(NC(=O)c2ccc3c(c2)C(C)(C)CCC3(C)C)cc1. The number of methoxy groups -OCH3 is 1. The Hall–Kier alpha value is -2.29. The Balaban J connectivity index is 1.89. The van der Waals surface area contributed by atoms with Gasteiger partial charge in [0.1, 0.15) is 5.75 Å². The highest BCUT2D eigenvalue weighted by Gasteiger charge is 2.37. The van der Waals surface area contributed by atoms with Gasteiger partial charge in [0, 0.05) is 11.3 Å². The van der Waals surface area contributed by atoms with Crippen molar-refractivity contribution in [3.8, 4) is 5.75 Å². The lowest BCUT2D eigenvalue weighted by molar-refractivity contribution is 0.102. The van der Waals surface area contributed by atoms with Crippen molar-refractivity contribution in [3.63, 3.8) is 0 Å². The smallest absolute Gasteiger partial charge is 0.255 e. The van der Waals surface area contributed by atoms with Gasteiger partial charge in [0.25, 0.3) is 5.91 Å². The van der Waals surface area contributed by atoms with Crippen LogP contribution in [0.2, 0.25) is 0 Å². The van der Waals surface area contributed by atoms with E-state index in [9.17, 15) is 4.79 Å². The van der Waals surface area contributed by atoms with Crippen LogP contribution in [0.15, 0.2) is 42.5 Å². The molecule has 0 bridgehead atoms. The van der Waals surface area contributed by atoms with E-state index in [1.54, 1.807) is 7.11 Å². The molecule has 3 heteroatoms. The van der Waals surface area contributed by atoms with Gasteiger partial charge in [-0.05, 0) is 71.2 Å².